The summed E-state index contributed by atoms with van der Waals surface area (Å²) >= 11 is 5.59. The number of nitrogens with one attached hydrogen (secondary N) is 1. The molecule has 1 saturated heterocycles. The smallest absolute Gasteiger partial charge is 0.292 e. The summed E-state index contributed by atoms with van der Waals surface area (Å²) in [7, 11) is 0. The van der Waals surface area contributed by atoms with E-state index < -0.39 is 0 Å². The number of hydrogen-bond donors (Lipinski definition) is 1. The van der Waals surface area contributed by atoms with Crippen LogP contribution in [0.15, 0.2) is 10.6 Å². The molecule has 0 bridgehead atoms. The Kier molecular flexibility index (Phi) is 2.33. The van der Waals surface area contributed by atoms with Crippen LogP contribution >= 0.6 is 11.6 Å². The lowest BCUT2D eigenvalue weighted by Crippen LogP contribution is -2.26. The molecule has 0 unspecified atom stereocenters. The van der Waals surface area contributed by atoms with Gasteiger partial charge < -0.3 is 9.73 Å². The molecular formula is C8H11ClN2O. The van der Waals surface area contributed by atoms with E-state index in [9.17, 15) is 0 Å². The lowest BCUT2D eigenvalue weighted by Gasteiger charge is -2.19. The van der Waals surface area contributed by atoms with E-state index in [1.165, 1.54) is 0 Å². The lowest BCUT2D eigenvalue weighted by molar-refractivity contribution is 0.386. The molecule has 0 radical (unpaired) electrons. The van der Waals surface area contributed by atoms with Gasteiger partial charge in [0.05, 0.1) is 6.20 Å². The van der Waals surface area contributed by atoms with Gasteiger partial charge in [0, 0.05) is 5.92 Å². The van der Waals surface area contributed by atoms with Crippen molar-refractivity contribution in [2.45, 2.75) is 18.8 Å². The fraction of sp³-hybridized carbons (Fsp3) is 0.625. The van der Waals surface area contributed by atoms with E-state index in [1.54, 1.807) is 6.20 Å². The lowest BCUT2D eigenvalue weighted by atomic mass is 9.96. The van der Waals surface area contributed by atoms with Crippen molar-refractivity contribution in [3.05, 3.63) is 17.3 Å². The molecule has 1 aliphatic heterocycles. The van der Waals surface area contributed by atoms with Gasteiger partial charge in [0.15, 0.2) is 0 Å². The molecule has 1 N–H and O–H groups in total. The maximum Gasteiger partial charge on any atom is 0.292 e. The fourth-order valence-electron chi connectivity index (χ4n) is 1.56. The molecule has 66 valence electrons. The van der Waals surface area contributed by atoms with Gasteiger partial charge in [0.1, 0.15) is 5.76 Å². The van der Waals surface area contributed by atoms with Crippen molar-refractivity contribution in [3.8, 4) is 0 Å². The largest absolute Gasteiger partial charge is 0.433 e. The third kappa shape index (κ3) is 1.62. The number of piperidine rings is 1. The molecule has 12 heavy (non-hydrogen) atoms. The standard InChI is InChI=1S/C8H11ClN2O/c9-8-11-5-7(12-8)6-1-3-10-4-2-6/h5-6,10H,1-4H2. The van der Waals surface area contributed by atoms with Crippen LogP contribution in [0.25, 0.3) is 0 Å². The van der Waals surface area contributed by atoms with E-state index >= 15 is 0 Å². The van der Waals surface area contributed by atoms with Crippen LogP contribution in [0.2, 0.25) is 5.35 Å². The highest BCUT2D eigenvalue weighted by Gasteiger charge is 2.18. The first-order valence-corrected chi connectivity index (χ1v) is 4.56. The zero-order valence-corrected chi connectivity index (χ0v) is 7.47. The summed E-state index contributed by atoms with van der Waals surface area (Å²) in [4.78, 5) is 3.87. The minimum atomic E-state index is 0.253. The molecule has 1 aromatic heterocycles. The minimum Gasteiger partial charge on any atom is -0.433 e. The second-order valence-corrected chi connectivity index (χ2v) is 3.36. The monoisotopic (exact) mass is 186 g/mol. The van der Waals surface area contributed by atoms with Gasteiger partial charge in [0.2, 0.25) is 0 Å². The van der Waals surface area contributed by atoms with Gasteiger partial charge in [-0.15, -0.1) is 0 Å². The van der Waals surface area contributed by atoms with Gasteiger partial charge in [0.25, 0.3) is 5.35 Å². The molecule has 1 fully saturated rings. The number of halogens is 1. The molecule has 0 saturated carbocycles. The Labute approximate surface area is 76.1 Å². The van der Waals surface area contributed by atoms with Gasteiger partial charge in [-0.1, -0.05) is 0 Å². The van der Waals surface area contributed by atoms with Crippen LogP contribution in [0, 0.1) is 0 Å². The predicted octanol–water partition coefficient (Wildman–Crippen LogP) is 1.79. The molecule has 0 atom stereocenters. The SMILES string of the molecule is Clc1ncc(C2CCNCC2)o1. The van der Waals surface area contributed by atoms with Crippen LogP contribution in [0.3, 0.4) is 0 Å². The van der Waals surface area contributed by atoms with Gasteiger partial charge in [-0.2, -0.15) is 0 Å². The summed E-state index contributed by atoms with van der Waals surface area (Å²) in [5.41, 5.74) is 0. The van der Waals surface area contributed by atoms with Crippen LogP contribution in [0.4, 0.5) is 0 Å². The molecular weight excluding hydrogens is 176 g/mol. The highest BCUT2D eigenvalue weighted by atomic mass is 35.5. The first-order valence-electron chi connectivity index (χ1n) is 4.18. The maximum atomic E-state index is 5.59. The minimum absolute atomic E-state index is 0.253. The number of oxazole rings is 1. The third-order valence-electron chi connectivity index (χ3n) is 2.24. The highest BCUT2D eigenvalue weighted by Crippen LogP contribution is 2.26. The van der Waals surface area contributed by atoms with Crippen molar-refractivity contribution in [2.75, 3.05) is 13.1 Å². The Hall–Kier alpha value is -0.540. The van der Waals surface area contributed by atoms with Crippen LogP contribution in [-0.4, -0.2) is 18.1 Å². The second kappa shape index (κ2) is 3.46. The average molecular weight is 187 g/mol. The van der Waals surface area contributed by atoms with Gasteiger partial charge in [-0.3, -0.25) is 0 Å². The Morgan fingerprint density at radius 2 is 2.25 bits per heavy atom. The Bertz CT molecular complexity index is 255. The zero-order valence-electron chi connectivity index (χ0n) is 6.72. The van der Waals surface area contributed by atoms with Crippen LogP contribution < -0.4 is 5.32 Å². The molecule has 3 nitrogen and oxygen atoms in total. The van der Waals surface area contributed by atoms with Gasteiger partial charge in [-0.05, 0) is 37.5 Å². The Morgan fingerprint density at radius 3 is 2.83 bits per heavy atom. The summed E-state index contributed by atoms with van der Waals surface area (Å²) in [6.07, 6.45) is 3.97. The van der Waals surface area contributed by atoms with Gasteiger partial charge >= 0.3 is 0 Å². The van der Waals surface area contributed by atoms with E-state index in [-0.39, 0.29) is 5.35 Å². The van der Waals surface area contributed by atoms with E-state index in [2.05, 4.69) is 10.3 Å². The molecule has 4 heteroatoms. The van der Waals surface area contributed by atoms with Crippen molar-refractivity contribution < 1.29 is 4.42 Å². The topological polar surface area (TPSA) is 38.1 Å². The quantitative estimate of drug-likeness (QED) is 0.727. The molecule has 0 spiro atoms. The molecule has 0 aliphatic carbocycles. The van der Waals surface area contributed by atoms with Gasteiger partial charge in [-0.25, -0.2) is 4.98 Å². The average Bonchev–Trinajstić information content (AvgIpc) is 2.54. The van der Waals surface area contributed by atoms with Crippen molar-refractivity contribution >= 4 is 11.6 Å². The van der Waals surface area contributed by atoms with Crippen LogP contribution in [0.1, 0.15) is 24.5 Å². The Morgan fingerprint density at radius 1 is 1.50 bits per heavy atom. The van der Waals surface area contributed by atoms with E-state index in [1.807, 2.05) is 0 Å². The summed E-state index contributed by atoms with van der Waals surface area (Å²) in [6, 6.07) is 0. The van der Waals surface area contributed by atoms with Crippen molar-refractivity contribution in [1.82, 2.24) is 10.3 Å². The number of aromatic nitrogens is 1. The number of nitrogens with zero attached hydrogens (tertiary/aromatic N) is 1. The Balaban J connectivity index is 2.08. The number of hydrogen-bond acceptors (Lipinski definition) is 3. The highest BCUT2D eigenvalue weighted by molar-refractivity contribution is 6.27. The van der Waals surface area contributed by atoms with Crippen molar-refractivity contribution in [1.29, 1.82) is 0 Å². The van der Waals surface area contributed by atoms with E-state index in [0.717, 1.165) is 31.7 Å². The molecule has 1 aromatic rings. The third-order valence-corrected chi connectivity index (χ3v) is 2.41. The summed E-state index contributed by atoms with van der Waals surface area (Å²) in [5.74, 6) is 1.44. The maximum absolute atomic E-state index is 5.59. The number of rotatable bonds is 1. The summed E-state index contributed by atoms with van der Waals surface area (Å²) in [5, 5.41) is 3.55. The van der Waals surface area contributed by atoms with Crippen LogP contribution in [0.5, 0.6) is 0 Å². The van der Waals surface area contributed by atoms with Crippen LogP contribution in [-0.2, 0) is 0 Å². The summed E-state index contributed by atoms with van der Waals surface area (Å²) in [6.45, 7) is 2.12. The summed E-state index contributed by atoms with van der Waals surface area (Å²) < 4.78 is 5.25. The molecule has 2 rings (SSSR count). The zero-order chi connectivity index (χ0) is 8.39. The van der Waals surface area contributed by atoms with E-state index in [4.69, 9.17) is 16.0 Å². The van der Waals surface area contributed by atoms with Crippen molar-refractivity contribution in [3.63, 3.8) is 0 Å². The first kappa shape index (κ1) is 8.08. The molecule has 0 amide bonds. The first-order chi connectivity index (χ1) is 5.86. The second-order valence-electron chi connectivity index (χ2n) is 3.04. The molecule has 1 aliphatic rings. The molecule has 2 heterocycles. The van der Waals surface area contributed by atoms with E-state index in [0.29, 0.717) is 5.92 Å². The normalized spacial score (nSPS) is 19.8. The van der Waals surface area contributed by atoms with Crippen molar-refractivity contribution in [2.24, 2.45) is 0 Å². The molecule has 0 aromatic carbocycles. The predicted molar refractivity (Wildman–Crippen MR) is 46.4 cm³/mol. The fourth-order valence-corrected chi connectivity index (χ4v) is 1.70.